The van der Waals surface area contributed by atoms with Crippen molar-refractivity contribution in [2.24, 2.45) is 0 Å². The number of hydrogen-bond donors (Lipinski definition) is 2. The van der Waals surface area contributed by atoms with Crippen LogP contribution in [0.3, 0.4) is 0 Å². The van der Waals surface area contributed by atoms with Gasteiger partial charge in [-0.15, -0.1) is 0 Å². The number of H-pyrrole nitrogens is 1. The van der Waals surface area contributed by atoms with Crippen LogP contribution in [0.5, 0.6) is 0 Å². The van der Waals surface area contributed by atoms with E-state index in [-0.39, 0.29) is 5.02 Å². The van der Waals surface area contributed by atoms with Gasteiger partial charge in [0.05, 0.1) is 23.5 Å². The zero-order chi connectivity index (χ0) is 11.5. The summed E-state index contributed by atoms with van der Waals surface area (Å²) in [5, 5.41) is 3.10. The van der Waals surface area contributed by atoms with E-state index in [4.69, 9.17) is 11.6 Å². The fraction of sp³-hybridized carbons (Fsp3) is 0.182. The van der Waals surface area contributed by atoms with Crippen LogP contribution in [0.4, 0.5) is 4.39 Å². The molecule has 0 bridgehead atoms. The molecule has 0 radical (unpaired) electrons. The minimum atomic E-state index is -0.416. The Kier molecular flexibility index (Phi) is 3.22. The van der Waals surface area contributed by atoms with Crippen LogP contribution in [-0.2, 0) is 6.54 Å². The summed E-state index contributed by atoms with van der Waals surface area (Å²) in [5.74, 6) is 0.415. The fourth-order valence-corrected chi connectivity index (χ4v) is 1.61. The second-order valence-corrected chi connectivity index (χ2v) is 3.81. The highest BCUT2D eigenvalue weighted by Gasteiger charge is 2.05. The highest BCUT2D eigenvalue weighted by Crippen LogP contribution is 2.23. The molecule has 0 aliphatic carbocycles. The third kappa shape index (κ3) is 2.23. The standard InChI is InChI=1S/C11H11ClFN3/c1-14-6-11-15-5-10(16-11)7-2-3-9(13)8(12)4-7/h2-5,14H,6H2,1H3,(H,15,16). The summed E-state index contributed by atoms with van der Waals surface area (Å²) in [6, 6.07) is 4.59. The van der Waals surface area contributed by atoms with Crippen LogP contribution in [0.2, 0.25) is 5.02 Å². The summed E-state index contributed by atoms with van der Waals surface area (Å²) in [7, 11) is 1.84. The highest BCUT2D eigenvalue weighted by molar-refractivity contribution is 6.31. The molecule has 0 spiro atoms. The number of aromatic nitrogens is 2. The molecule has 0 atom stereocenters. The van der Waals surface area contributed by atoms with Crippen molar-refractivity contribution in [2.75, 3.05) is 7.05 Å². The van der Waals surface area contributed by atoms with Gasteiger partial charge in [-0.2, -0.15) is 0 Å². The Morgan fingerprint density at radius 3 is 3.00 bits per heavy atom. The third-order valence-corrected chi connectivity index (χ3v) is 2.49. The number of aromatic amines is 1. The Bertz CT molecular complexity index is 496. The summed E-state index contributed by atoms with van der Waals surface area (Å²) >= 11 is 5.71. The maximum atomic E-state index is 13.0. The van der Waals surface area contributed by atoms with Crippen molar-refractivity contribution in [2.45, 2.75) is 6.54 Å². The lowest BCUT2D eigenvalue weighted by atomic mass is 10.2. The lowest BCUT2D eigenvalue weighted by Gasteiger charge is -1.99. The number of halogens is 2. The van der Waals surface area contributed by atoms with Gasteiger partial charge in [0.1, 0.15) is 11.6 Å². The van der Waals surface area contributed by atoms with Gasteiger partial charge < -0.3 is 10.3 Å². The number of nitrogens with zero attached hydrogens (tertiary/aromatic N) is 1. The van der Waals surface area contributed by atoms with Gasteiger partial charge in [0.25, 0.3) is 0 Å². The molecule has 5 heteroatoms. The monoisotopic (exact) mass is 239 g/mol. The van der Waals surface area contributed by atoms with Crippen molar-refractivity contribution in [1.29, 1.82) is 0 Å². The van der Waals surface area contributed by atoms with Gasteiger partial charge >= 0.3 is 0 Å². The molecule has 0 saturated heterocycles. The molecule has 0 aliphatic rings. The van der Waals surface area contributed by atoms with Crippen LogP contribution in [0, 0.1) is 5.82 Å². The van der Waals surface area contributed by atoms with Crippen molar-refractivity contribution < 1.29 is 4.39 Å². The lowest BCUT2D eigenvalue weighted by molar-refractivity contribution is 0.628. The van der Waals surface area contributed by atoms with Gasteiger partial charge in [-0.3, -0.25) is 0 Å². The van der Waals surface area contributed by atoms with Crippen LogP contribution in [-0.4, -0.2) is 17.0 Å². The molecule has 0 amide bonds. The second-order valence-electron chi connectivity index (χ2n) is 3.40. The average Bonchev–Trinajstić information content (AvgIpc) is 2.71. The third-order valence-electron chi connectivity index (χ3n) is 2.20. The number of rotatable bonds is 3. The van der Waals surface area contributed by atoms with Gasteiger partial charge in [-0.05, 0) is 25.2 Å². The Hall–Kier alpha value is -1.39. The van der Waals surface area contributed by atoms with Crippen molar-refractivity contribution in [3.63, 3.8) is 0 Å². The molecule has 2 rings (SSSR count). The summed E-state index contributed by atoms with van der Waals surface area (Å²) in [4.78, 5) is 7.30. The van der Waals surface area contributed by atoms with Gasteiger partial charge in [0, 0.05) is 5.56 Å². The predicted molar refractivity (Wildman–Crippen MR) is 61.8 cm³/mol. The van der Waals surface area contributed by atoms with E-state index in [2.05, 4.69) is 15.3 Å². The molecule has 2 aromatic rings. The minimum Gasteiger partial charge on any atom is -0.341 e. The van der Waals surface area contributed by atoms with Crippen molar-refractivity contribution in [1.82, 2.24) is 15.3 Å². The quantitative estimate of drug-likeness (QED) is 0.865. The molecule has 2 N–H and O–H groups in total. The molecule has 0 unspecified atom stereocenters. The second kappa shape index (κ2) is 4.63. The van der Waals surface area contributed by atoms with Crippen molar-refractivity contribution >= 4 is 11.6 Å². The summed E-state index contributed by atoms with van der Waals surface area (Å²) < 4.78 is 13.0. The normalized spacial score (nSPS) is 10.7. The fourth-order valence-electron chi connectivity index (χ4n) is 1.43. The van der Waals surface area contributed by atoms with E-state index in [0.717, 1.165) is 17.1 Å². The van der Waals surface area contributed by atoms with Crippen molar-refractivity contribution in [3.05, 3.63) is 41.1 Å². The smallest absolute Gasteiger partial charge is 0.141 e. The first kappa shape index (κ1) is 11.1. The van der Waals surface area contributed by atoms with E-state index in [0.29, 0.717) is 6.54 Å². The molecule has 1 heterocycles. The van der Waals surface area contributed by atoms with Gasteiger partial charge in [-0.1, -0.05) is 11.6 Å². The summed E-state index contributed by atoms with van der Waals surface area (Å²) in [5.41, 5.74) is 1.65. The molecule has 0 aliphatic heterocycles. The van der Waals surface area contributed by atoms with E-state index in [1.54, 1.807) is 18.3 Å². The Labute approximate surface area is 97.7 Å². The molecule has 1 aromatic carbocycles. The first-order valence-electron chi connectivity index (χ1n) is 4.84. The van der Waals surface area contributed by atoms with Crippen LogP contribution in [0.15, 0.2) is 24.4 Å². The van der Waals surface area contributed by atoms with Crippen LogP contribution >= 0.6 is 11.6 Å². The maximum absolute atomic E-state index is 13.0. The Morgan fingerprint density at radius 1 is 1.50 bits per heavy atom. The van der Waals surface area contributed by atoms with Crippen LogP contribution in [0.1, 0.15) is 5.82 Å². The summed E-state index contributed by atoms with van der Waals surface area (Å²) in [6.45, 7) is 0.662. The highest BCUT2D eigenvalue weighted by atomic mass is 35.5. The Morgan fingerprint density at radius 2 is 2.31 bits per heavy atom. The van der Waals surface area contributed by atoms with Crippen LogP contribution < -0.4 is 5.32 Å². The van der Waals surface area contributed by atoms with E-state index >= 15 is 0 Å². The molecular formula is C11H11ClFN3. The van der Waals surface area contributed by atoms with Gasteiger partial charge in [0.15, 0.2) is 0 Å². The van der Waals surface area contributed by atoms with E-state index in [1.807, 2.05) is 7.05 Å². The SMILES string of the molecule is CNCc1ncc(-c2ccc(F)c(Cl)c2)[nH]1. The molecule has 84 valence electrons. The summed E-state index contributed by atoms with van der Waals surface area (Å²) in [6.07, 6.45) is 1.70. The van der Waals surface area contributed by atoms with Crippen molar-refractivity contribution in [3.8, 4) is 11.3 Å². The lowest BCUT2D eigenvalue weighted by Crippen LogP contribution is -2.06. The first-order chi connectivity index (χ1) is 7.70. The zero-order valence-corrected chi connectivity index (χ0v) is 9.48. The Balaban J connectivity index is 2.31. The van der Waals surface area contributed by atoms with Gasteiger partial charge in [0.2, 0.25) is 0 Å². The maximum Gasteiger partial charge on any atom is 0.141 e. The molecular weight excluding hydrogens is 229 g/mol. The largest absolute Gasteiger partial charge is 0.341 e. The first-order valence-corrected chi connectivity index (χ1v) is 5.22. The minimum absolute atomic E-state index is 0.113. The predicted octanol–water partition coefficient (Wildman–Crippen LogP) is 2.59. The number of imidazole rings is 1. The molecule has 1 aromatic heterocycles. The number of benzene rings is 1. The number of nitrogens with one attached hydrogen (secondary N) is 2. The molecule has 3 nitrogen and oxygen atoms in total. The van der Waals surface area contributed by atoms with E-state index in [9.17, 15) is 4.39 Å². The zero-order valence-electron chi connectivity index (χ0n) is 8.72. The number of hydrogen-bond acceptors (Lipinski definition) is 2. The van der Waals surface area contributed by atoms with E-state index < -0.39 is 5.82 Å². The molecule has 0 fully saturated rings. The van der Waals surface area contributed by atoms with E-state index in [1.165, 1.54) is 6.07 Å². The average molecular weight is 240 g/mol. The molecule has 0 saturated carbocycles. The van der Waals surface area contributed by atoms with Gasteiger partial charge in [-0.25, -0.2) is 9.37 Å². The van der Waals surface area contributed by atoms with Crippen LogP contribution in [0.25, 0.3) is 11.3 Å². The topological polar surface area (TPSA) is 40.7 Å². The molecule has 16 heavy (non-hydrogen) atoms.